The van der Waals surface area contributed by atoms with Gasteiger partial charge in [0.2, 0.25) is 15.9 Å². The molecule has 2 aliphatic rings. The Morgan fingerprint density at radius 3 is 2.74 bits per heavy atom. The normalized spacial score (nSPS) is 21.7. The van der Waals surface area contributed by atoms with Gasteiger partial charge in [0.15, 0.2) is 0 Å². The third-order valence-corrected chi connectivity index (χ3v) is 6.28. The Labute approximate surface area is 137 Å². The lowest BCUT2D eigenvalue weighted by Gasteiger charge is -2.16. The average molecular weight is 334 g/mol. The summed E-state index contributed by atoms with van der Waals surface area (Å²) in [5.41, 5.74) is 0.539. The Bertz CT molecular complexity index is 706. The number of allylic oxidation sites excluding steroid dienone is 2. The summed E-state index contributed by atoms with van der Waals surface area (Å²) in [7, 11) is -3.45. The van der Waals surface area contributed by atoms with Gasteiger partial charge < -0.3 is 5.32 Å². The average Bonchev–Trinajstić information content (AvgIpc) is 3.20. The van der Waals surface area contributed by atoms with Crippen molar-refractivity contribution in [1.82, 2.24) is 4.31 Å². The summed E-state index contributed by atoms with van der Waals surface area (Å²) in [5.74, 6) is 0.226. The summed E-state index contributed by atoms with van der Waals surface area (Å²) in [4.78, 5) is 12.3. The summed E-state index contributed by atoms with van der Waals surface area (Å²) in [5, 5.41) is 2.82. The number of benzene rings is 1. The fourth-order valence-corrected chi connectivity index (χ4v) is 4.69. The highest BCUT2D eigenvalue weighted by Gasteiger charge is 2.27. The first-order valence-electron chi connectivity index (χ1n) is 8.12. The number of carbonyl (C=O) groups is 1. The Hall–Kier alpha value is -1.66. The minimum atomic E-state index is -3.45. The topological polar surface area (TPSA) is 66.5 Å². The van der Waals surface area contributed by atoms with E-state index in [1.165, 1.54) is 4.31 Å². The van der Waals surface area contributed by atoms with Crippen LogP contribution >= 0.6 is 0 Å². The van der Waals surface area contributed by atoms with Gasteiger partial charge in [-0.15, -0.1) is 0 Å². The van der Waals surface area contributed by atoms with Crippen LogP contribution in [0.1, 0.15) is 32.1 Å². The van der Waals surface area contributed by atoms with E-state index in [0.717, 1.165) is 25.7 Å². The molecule has 0 bridgehead atoms. The predicted molar refractivity (Wildman–Crippen MR) is 89.5 cm³/mol. The number of nitrogens with zero attached hydrogens (tertiary/aromatic N) is 1. The summed E-state index contributed by atoms with van der Waals surface area (Å²) in [6, 6.07) is 6.54. The van der Waals surface area contributed by atoms with Crippen molar-refractivity contribution in [3.8, 4) is 0 Å². The van der Waals surface area contributed by atoms with Gasteiger partial charge >= 0.3 is 0 Å². The molecule has 23 heavy (non-hydrogen) atoms. The number of anilines is 1. The lowest BCUT2D eigenvalue weighted by molar-refractivity contribution is -0.116. The van der Waals surface area contributed by atoms with Crippen LogP contribution in [0.25, 0.3) is 0 Å². The Morgan fingerprint density at radius 2 is 2.04 bits per heavy atom. The standard InChI is InChI=1S/C17H22N2O3S/c20-17(12-14-6-1-2-7-14)18-15-8-5-9-16(13-15)23(21,22)19-10-3-4-11-19/h1,5-6,8-9,13-14H,2-4,7,10-12H2,(H,18,20). The van der Waals surface area contributed by atoms with Crippen LogP contribution in [0.3, 0.4) is 0 Å². The SMILES string of the molecule is O=C(CC1C=CCC1)Nc1cccc(S(=O)(=O)N2CCCC2)c1. The molecule has 0 aromatic heterocycles. The maximum atomic E-state index is 12.6. The Morgan fingerprint density at radius 1 is 1.26 bits per heavy atom. The van der Waals surface area contributed by atoms with Crippen molar-refractivity contribution in [2.24, 2.45) is 5.92 Å². The number of nitrogens with one attached hydrogen (secondary N) is 1. The molecule has 6 heteroatoms. The van der Waals surface area contributed by atoms with Gasteiger partial charge in [-0.3, -0.25) is 4.79 Å². The zero-order valence-corrected chi connectivity index (χ0v) is 13.9. The van der Waals surface area contributed by atoms with Crippen molar-refractivity contribution < 1.29 is 13.2 Å². The number of amides is 1. The van der Waals surface area contributed by atoms with Gasteiger partial charge in [0.05, 0.1) is 4.90 Å². The maximum Gasteiger partial charge on any atom is 0.243 e. The molecule has 1 heterocycles. The molecule has 1 atom stereocenters. The van der Waals surface area contributed by atoms with E-state index >= 15 is 0 Å². The van der Waals surface area contributed by atoms with Gasteiger partial charge in [0, 0.05) is 25.2 Å². The molecule has 1 N–H and O–H groups in total. The summed E-state index contributed by atoms with van der Waals surface area (Å²) < 4.78 is 26.6. The Kier molecular flexibility index (Phi) is 4.82. The molecule has 0 radical (unpaired) electrons. The largest absolute Gasteiger partial charge is 0.326 e. The second-order valence-electron chi connectivity index (χ2n) is 6.16. The third-order valence-electron chi connectivity index (χ3n) is 4.38. The molecule has 1 saturated heterocycles. The molecule has 1 amide bonds. The number of sulfonamides is 1. The molecule has 1 unspecified atom stereocenters. The quantitative estimate of drug-likeness (QED) is 0.842. The number of carbonyl (C=O) groups excluding carboxylic acids is 1. The summed E-state index contributed by atoms with van der Waals surface area (Å²) in [6.45, 7) is 1.15. The van der Waals surface area contributed by atoms with Crippen molar-refractivity contribution in [2.75, 3.05) is 18.4 Å². The molecule has 1 aliphatic carbocycles. The van der Waals surface area contributed by atoms with Crippen LogP contribution in [0, 0.1) is 5.92 Å². The number of rotatable bonds is 5. The molecule has 5 nitrogen and oxygen atoms in total. The molecule has 1 aliphatic heterocycles. The molecule has 3 rings (SSSR count). The van der Waals surface area contributed by atoms with Crippen molar-refractivity contribution >= 4 is 21.6 Å². The highest BCUT2D eigenvalue weighted by Crippen LogP contribution is 2.24. The van der Waals surface area contributed by atoms with Crippen molar-refractivity contribution in [2.45, 2.75) is 37.0 Å². The van der Waals surface area contributed by atoms with Crippen LogP contribution in [0.2, 0.25) is 0 Å². The monoisotopic (exact) mass is 334 g/mol. The lowest BCUT2D eigenvalue weighted by Crippen LogP contribution is -2.28. The van der Waals surface area contributed by atoms with Crippen LogP contribution in [-0.2, 0) is 14.8 Å². The van der Waals surface area contributed by atoms with Crippen LogP contribution in [0.5, 0.6) is 0 Å². The summed E-state index contributed by atoms with van der Waals surface area (Å²) in [6.07, 6.45) is 8.47. The van der Waals surface area contributed by atoms with Gasteiger partial charge in [-0.2, -0.15) is 4.31 Å². The van der Waals surface area contributed by atoms with Crippen LogP contribution < -0.4 is 5.32 Å². The highest BCUT2D eigenvalue weighted by atomic mass is 32.2. The van der Waals surface area contributed by atoms with Gasteiger partial charge in [0.1, 0.15) is 0 Å². The van der Waals surface area contributed by atoms with E-state index in [1.807, 2.05) is 0 Å². The predicted octanol–water partition coefficient (Wildman–Crippen LogP) is 2.77. The summed E-state index contributed by atoms with van der Waals surface area (Å²) >= 11 is 0. The second-order valence-corrected chi connectivity index (χ2v) is 8.09. The number of hydrogen-bond donors (Lipinski definition) is 1. The Balaban J connectivity index is 1.69. The van der Waals surface area contributed by atoms with E-state index in [4.69, 9.17) is 0 Å². The minimum Gasteiger partial charge on any atom is -0.326 e. The minimum absolute atomic E-state index is 0.0720. The first kappa shape index (κ1) is 16.2. The van der Waals surface area contributed by atoms with Gasteiger partial charge in [-0.25, -0.2) is 8.42 Å². The van der Waals surface area contributed by atoms with Gasteiger partial charge in [0.25, 0.3) is 0 Å². The fourth-order valence-electron chi connectivity index (χ4n) is 3.13. The molecule has 1 fully saturated rings. The first-order chi connectivity index (χ1) is 11.1. The smallest absolute Gasteiger partial charge is 0.243 e. The molecular formula is C17H22N2O3S. The van der Waals surface area contributed by atoms with E-state index in [0.29, 0.717) is 31.1 Å². The maximum absolute atomic E-state index is 12.6. The lowest BCUT2D eigenvalue weighted by atomic mass is 10.1. The van der Waals surface area contributed by atoms with E-state index in [9.17, 15) is 13.2 Å². The van der Waals surface area contributed by atoms with Crippen molar-refractivity contribution in [3.05, 3.63) is 36.4 Å². The van der Waals surface area contributed by atoms with E-state index in [2.05, 4.69) is 17.5 Å². The number of hydrogen-bond acceptors (Lipinski definition) is 3. The van der Waals surface area contributed by atoms with Gasteiger partial charge in [-0.05, 0) is 49.8 Å². The molecule has 1 aromatic rings. The fraction of sp³-hybridized carbons (Fsp3) is 0.471. The van der Waals surface area contributed by atoms with Crippen molar-refractivity contribution in [3.63, 3.8) is 0 Å². The van der Waals surface area contributed by atoms with E-state index < -0.39 is 10.0 Å². The van der Waals surface area contributed by atoms with Gasteiger partial charge in [-0.1, -0.05) is 18.2 Å². The van der Waals surface area contributed by atoms with E-state index in [-0.39, 0.29) is 10.8 Å². The molecule has 124 valence electrons. The molecule has 0 saturated carbocycles. The first-order valence-corrected chi connectivity index (χ1v) is 9.56. The highest BCUT2D eigenvalue weighted by molar-refractivity contribution is 7.89. The molecular weight excluding hydrogens is 312 g/mol. The van der Waals surface area contributed by atoms with Crippen LogP contribution in [-0.4, -0.2) is 31.7 Å². The van der Waals surface area contributed by atoms with Crippen LogP contribution in [0.15, 0.2) is 41.3 Å². The van der Waals surface area contributed by atoms with E-state index in [1.54, 1.807) is 24.3 Å². The second kappa shape index (κ2) is 6.84. The third kappa shape index (κ3) is 3.82. The zero-order chi connectivity index (χ0) is 16.3. The molecule has 0 spiro atoms. The van der Waals surface area contributed by atoms with Crippen molar-refractivity contribution in [1.29, 1.82) is 0 Å². The zero-order valence-electron chi connectivity index (χ0n) is 13.1. The molecule has 1 aromatic carbocycles. The van der Waals surface area contributed by atoms with Crippen LogP contribution in [0.4, 0.5) is 5.69 Å².